The first kappa shape index (κ1) is 14.6. The molecule has 0 unspecified atom stereocenters. The van der Waals surface area contributed by atoms with Crippen molar-refractivity contribution >= 4 is 11.4 Å². The van der Waals surface area contributed by atoms with E-state index in [0.717, 1.165) is 0 Å². The molecule has 0 radical (unpaired) electrons. The highest BCUT2D eigenvalue weighted by atomic mass is 14.9. The van der Waals surface area contributed by atoms with Gasteiger partial charge in [-0.15, -0.1) is 0 Å². The molecule has 1 spiro atoms. The van der Waals surface area contributed by atoms with Crippen molar-refractivity contribution in [2.75, 3.05) is 5.32 Å². The summed E-state index contributed by atoms with van der Waals surface area (Å²) in [6.45, 7) is 2.47. The lowest BCUT2D eigenvalue weighted by atomic mass is 9.49. The van der Waals surface area contributed by atoms with Gasteiger partial charge in [0, 0.05) is 16.8 Å². The maximum atomic E-state index is 3.79. The average Bonchev–Trinajstić information content (AvgIpc) is 2.70. The molecule has 0 aromatic heterocycles. The summed E-state index contributed by atoms with van der Waals surface area (Å²) in [6.07, 6.45) is 5.19. The van der Waals surface area contributed by atoms with Crippen LogP contribution in [0.4, 0.5) is 11.4 Å². The topological polar surface area (TPSA) is 12.0 Å². The quantitative estimate of drug-likeness (QED) is 0.531. The van der Waals surface area contributed by atoms with Gasteiger partial charge in [-0.25, -0.2) is 0 Å². The zero-order valence-electron chi connectivity index (χ0n) is 15.2. The van der Waals surface area contributed by atoms with Crippen LogP contribution in [0.15, 0.2) is 66.7 Å². The number of hydrogen-bond acceptors (Lipinski definition) is 1. The fourth-order valence-corrected chi connectivity index (χ4v) is 5.85. The van der Waals surface area contributed by atoms with E-state index >= 15 is 0 Å². The van der Waals surface area contributed by atoms with Gasteiger partial charge in [0.25, 0.3) is 0 Å². The molecule has 1 fully saturated rings. The summed E-state index contributed by atoms with van der Waals surface area (Å²) in [7, 11) is 0. The lowest BCUT2D eigenvalue weighted by Crippen LogP contribution is -2.48. The summed E-state index contributed by atoms with van der Waals surface area (Å²) >= 11 is 0. The summed E-state index contributed by atoms with van der Waals surface area (Å²) < 4.78 is 0. The van der Waals surface area contributed by atoms with Crippen LogP contribution in [0.5, 0.6) is 0 Å². The van der Waals surface area contributed by atoms with Crippen LogP contribution in [0, 0.1) is 0 Å². The number of benzene rings is 3. The lowest BCUT2D eigenvalue weighted by molar-refractivity contribution is 0.203. The van der Waals surface area contributed by atoms with Crippen molar-refractivity contribution in [3.05, 3.63) is 83.4 Å². The predicted octanol–water partition coefficient (Wildman–Crippen LogP) is 6.54. The molecule has 0 saturated heterocycles. The van der Waals surface area contributed by atoms with Gasteiger partial charge >= 0.3 is 0 Å². The molecule has 128 valence electrons. The van der Waals surface area contributed by atoms with Crippen molar-refractivity contribution in [3.63, 3.8) is 0 Å². The van der Waals surface area contributed by atoms with E-state index in [2.05, 4.69) is 79.0 Å². The Labute approximate surface area is 155 Å². The van der Waals surface area contributed by atoms with Gasteiger partial charge in [-0.05, 0) is 71.0 Å². The minimum atomic E-state index is 0.222. The Morgan fingerprint density at radius 1 is 0.692 bits per heavy atom. The predicted molar refractivity (Wildman–Crippen MR) is 108 cm³/mol. The Balaban J connectivity index is 1.59. The summed E-state index contributed by atoms with van der Waals surface area (Å²) in [5.41, 5.74) is 10.5. The Hall–Kier alpha value is -2.54. The molecule has 1 heterocycles. The first-order chi connectivity index (χ1) is 12.7. The van der Waals surface area contributed by atoms with Crippen molar-refractivity contribution < 1.29 is 0 Å². The molecule has 1 N–H and O–H groups in total. The molecule has 3 aromatic rings. The molecule has 4 aliphatic rings. The highest BCUT2D eigenvalue weighted by molar-refractivity contribution is 5.82. The number of hydrogen-bond donors (Lipinski definition) is 1. The van der Waals surface area contributed by atoms with E-state index in [4.69, 9.17) is 0 Å². The molecular formula is C25H23N. The molecule has 0 atom stereocenters. The average molecular weight is 337 g/mol. The standard InChI is InChI=1S/C25H23N/c1-24-12-14-25(15-13-24)19-11-10-18(17-6-3-2-4-7-17)16-22(19)26-21-9-5-8-20(24)23(21)25/h2-11,16,26H,12-15H2,1H3. The van der Waals surface area contributed by atoms with Gasteiger partial charge in [0.1, 0.15) is 0 Å². The van der Waals surface area contributed by atoms with Crippen LogP contribution in [0.25, 0.3) is 11.1 Å². The molecule has 1 heteroatoms. The number of fused-ring (bicyclic) bond motifs is 3. The van der Waals surface area contributed by atoms with Gasteiger partial charge in [0.05, 0.1) is 0 Å². The van der Waals surface area contributed by atoms with Crippen molar-refractivity contribution in [1.29, 1.82) is 0 Å². The second-order valence-electron chi connectivity index (χ2n) is 8.62. The van der Waals surface area contributed by atoms with Crippen LogP contribution in [0.1, 0.15) is 49.3 Å². The van der Waals surface area contributed by atoms with Crippen LogP contribution in [0.2, 0.25) is 0 Å². The molecule has 1 nitrogen and oxygen atoms in total. The van der Waals surface area contributed by atoms with Crippen LogP contribution in [-0.4, -0.2) is 0 Å². The molecule has 3 aliphatic carbocycles. The fourth-order valence-electron chi connectivity index (χ4n) is 5.85. The maximum absolute atomic E-state index is 3.79. The van der Waals surface area contributed by atoms with E-state index in [1.165, 1.54) is 53.7 Å². The first-order valence-electron chi connectivity index (χ1n) is 9.81. The summed E-state index contributed by atoms with van der Waals surface area (Å²) in [4.78, 5) is 0. The lowest BCUT2D eigenvalue weighted by Gasteiger charge is -2.56. The van der Waals surface area contributed by atoms with Crippen molar-refractivity contribution in [1.82, 2.24) is 0 Å². The highest BCUT2D eigenvalue weighted by Gasteiger charge is 2.53. The zero-order valence-corrected chi connectivity index (χ0v) is 15.2. The van der Waals surface area contributed by atoms with Gasteiger partial charge in [-0.1, -0.05) is 61.5 Å². The highest BCUT2D eigenvalue weighted by Crippen LogP contribution is 2.63. The number of nitrogens with one attached hydrogen (secondary N) is 1. The Bertz CT molecular complexity index is 1020. The monoisotopic (exact) mass is 337 g/mol. The molecule has 1 aliphatic heterocycles. The second-order valence-corrected chi connectivity index (χ2v) is 8.62. The third-order valence-electron chi connectivity index (χ3n) is 7.31. The maximum Gasteiger partial charge on any atom is 0.0432 e. The van der Waals surface area contributed by atoms with Gasteiger partial charge in [0.2, 0.25) is 0 Å². The van der Waals surface area contributed by atoms with Gasteiger partial charge in [-0.3, -0.25) is 0 Å². The van der Waals surface area contributed by atoms with E-state index < -0.39 is 0 Å². The van der Waals surface area contributed by atoms with E-state index in [1.807, 2.05) is 0 Å². The summed E-state index contributed by atoms with van der Waals surface area (Å²) in [5, 5.41) is 3.79. The molecule has 1 saturated carbocycles. The Morgan fingerprint density at radius 2 is 1.50 bits per heavy atom. The minimum Gasteiger partial charge on any atom is -0.355 e. The van der Waals surface area contributed by atoms with E-state index in [9.17, 15) is 0 Å². The smallest absolute Gasteiger partial charge is 0.0432 e. The zero-order chi connectivity index (χ0) is 17.4. The summed E-state index contributed by atoms with van der Waals surface area (Å²) in [5.74, 6) is 0. The molecule has 26 heavy (non-hydrogen) atoms. The molecule has 3 aromatic carbocycles. The van der Waals surface area contributed by atoms with Crippen LogP contribution in [-0.2, 0) is 10.8 Å². The van der Waals surface area contributed by atoms with E-state index in [0.29, 0.717) is 5.41 Å². The normalized spacial score (nSPS) is 27.4. The largest absolute Gasteiger partial charge is 0.355 e. The minimum absolute atomic E-state index is 0.222. The van der Waals surface area contributed by atoms with Crippen LogP contribution in [0.3, 0.4) is 0 Å². The van der Waals surface area contributed by atoms with Crippen LogP contribution < -0.4 is 5.32 Å². The van der Waals surface area contributed by atoms with E-state index in [-0.39, 0.29) is 5.41 Å². The third kappa shape index (κ3) is 1.71. The van der Waals surface area contributed by atoms with Crippen LogP contribution >= 0.6 is 0 Å². The van der Waals surface area contributed by atoms with Gasteiger partial charge in [0.15, 0.2) is 0 Å². The van der Waals surface area contributed by atoms with Crippen molar-refractivity contribution in [2.45, 2.75) is 43.4 Å². The fraction of sp³-hybridized carbons (Fsp3) is 0.280. The first-order valence-corrected chi connectivity index (χ1v) is 9.81. The van der Waals surface area contributed by atoms with Gasteiger partial charge in [-0.2, -0.15) is 0 Å². The molecule has 7 rings (SSSR count). The SMILES string of the molecule is CC12CCC3(CC1)c1ccc(-c4ccccc4)cc1Nc1cccc2c13. The molecule has 2 bridgehead atoms. The molecule has 0 amide bonds. The number of anilines is 2. The summed E-state index contributed by atoms with van der Waals surface area (Å²) in [6, 6.07) is 24.7. The molecular weight excluding hydrogens is 314 g/mol. The van der Waals surface area contributed by atoms with Crippen molar-refractivity contribution in [2.24, 2.45) is 0 Å². The Kier molecular flexibility index (Phi) is 2.69. The third-order valence-corrected chi connectivity index (χ3v) is 7.31. The van der Waals surface area contributed by atoms with Crippen molar-refractivity contribution in [3.8, 4) is 11.1 Å². The van der Waals surface area contributed by atoms with E-state index in [1.54, 1.807) is 11.1 Å². The second kappa shape index (κ2) is 4.79. The van der Waals surface area contributed by atoms with Gasteiger partial charge < -0.3 is 5.32 Å². The Morgan fingerprint density at radius 3 is 2.31 bits per heavy atom. The number of rotatable bonds is 1.